The predicted octanol–water partition coefficient (Wildman–Crippen LogP) is 1.79. The third-order valence-electron chi connectivity index (χ3n) is 4.18. The van der Waals surface area contributed by atoms with E-state index in [0.717, 1.165) is 38.8 Å². The van der Waals surface area contributed by atoms with Gasteiger partial charge in [-0.2, -0.15) is 4.98 Å². The van der Waals surface area contributed by atoms with Crippen LogP contribution in [0.1, 0.15) is 32.1 Å². The highest BCUT2D eigenvalue weighted by Crippen LogP contribution is 2.27. The Bertz CT molecular complexity index is 543. The van der Waals surface area contributed by atoms with Gasteiger partial charge in [0.15, 0.2) is 0 Å². The molecule has 0 spiro atoms. The zero-order valence-electron chi connectivity index (χ0n) is 13.0. The van der Waals surface area contributed by atoms with Crippen LogP contribution in [0, 0.1) is 10.1 Å². The van der Waals surface area contributed by atoms with E-state index in [9.17, 15) is 10.1 Å². The lowest BCUT2D eigenvalue weighted by molar-refractivity contribution is -0.384. The summed E-state index contributed by atoms with van der Waals surface area (Å²) in [5.41, 5.74) is 3.01. The monoisotopic (exact) mass is 322 g/mol. The van der Waals surface area contributed by atoms with Crippen LogP contribution in [0.4, 0.5) is 17.5 Å². The van der Waals surface area contributed by atoms with Gasteiger partial charge in [-0.05, 0) is 12.8 Å². The van der Waals surface area contributed by atoms with Crippen LogP contribution in [0.5, 0.6) is 0 Å². The molecular formula is C14H22N6O3. The molecule has 0 atom stereocenters. The van der Waals surface area contributed by atoms with E-state index in [0.29, 0.717) is 25.0 Å². The van der Waals surface area contributed by atoms with Crippen LogP contribution in [-0.4, -0.2) is 52.2 Å². The van der Waals surface area contributed by atoms with Crippen molar-refractivity contribution in [3.8, 4) is 0 Å². The van der Waals surface area contributed by atoms with Crippen LogP contribution in [0.15, 0.2) is 6.20 Å². The molecule has 2 aliphatic rings. The number of nitro groups is 1. The molecule has 1 aromatic rings. The van der Waals surface area contributed by atoms with Crippen LogP contribution < -0.4 is 10.7 Å². The number of anilines is 2. The molecule has 0 radical (unpaired) electrons. The number of morpholine rings is 1. The van der Waals surface area contributed by atoms with E-state index in [1.54, 1.807) is 0 Å². The average Bonchev–Trinajstić information content (AvgIpc) is 2.57. The van der Waals surface area contributed by atoms with Crippen LogP contribution in [-0.2, 0) is 4.74 Å². The summed E-state index contributed by atoms with van der Waals surface area (Å²) < 4.78 is 5.29. The molecule has 2 heterocycles. The summed E-state index contributed by atoms with van der Waals surface area (Å²) in [4.78, 5) is 19.1. The molecule has 0 aromatic carbocycles. The molecule has 2 fully saturated rings. The van der Waals surface area contributed by atoms with Crippen molar-refractivity contribution in [1.29, 1.82) is 0 Å². The number of nitrogens with zero attached hydrogens (tertiary/aromatic N) is 4. The molecule has 1 aromatic heterocycles. The minimum Gasteiger partial charge on any atom is -0.379 e. The molecule has 0 bridgehead atoms. The molecule has 3 rings (SSSR count). The van der Waals surface area contributed by atoms with Crippen LogP contribution in [0.3, 0.4) is 0 Å². The molecule has 0 unspecified atom stereocenters. The molecule has 1 aliphatic carbocycles. The van der Waals surface area contributed by atoms with Crippen molar-refractivity contribution in [3.63, 3.8) is 0 Å². The van der Waals surface area contributed by atoms with Crippen molar-refractivity contribution in [3.05, 3.63) is 16.3 Å². The van der Waals surface area contributed by atoms with Gasteiger partial charge in [0.1, 0.15) is 6.20 Å². The van der Waals surface area contributed by atoms with E-state index in [-0.39, 0.29) is 11.7 Å². The first kappa shape index (κ1) is 15.9. The van der Waals surface area contributed by atoms with Gasteiger partial charge in [-0.25, -0.2) is 9.99 Å². The lowest BCUT2D eigenvalue weighted by Crippen LogP contribution is -2.40. The van der Waals surface area contributed by atoms with Gasteiger partial charge in [-0.3, -0.25) is 15.5 Å². The first-order chi connectivity index (χ1) is 11.2. The number of hydrogen-bond donors (Lipinski definition) is 2. The zero-order chi connectivity index (χ0) is 16.1. The second-order valence-electron chi connectivity index (χ2n) is 5.88. The maximum Gasteiger partial charge on any atom is 0.329 e. The molecular weight excluding hydrogens is 300 g/mol. The summed E-state index contributed by atoms with van der Waals surface area (Å²) >= 11 is 0. The molecule has 1 aliphatic heterocycles. The maximum absolute atomic E-state index is 11.2. The van der Waals surface area contributed by atoms with Crippen molar-refractivity contribution in [2.75, 3.05) is 37.0 Å². The quantitative estimate of drug-likeness (QED) is 0.624. The van der Waals surface area contributed by atoms with Gasteiger partial charge in [0.05, 0.1) is 18.1 Å². The second-order valence-corrected chi connectivity index (χ2v) is 5.88. The van der Waals surface area contributed by atoms with Crippen LogP contribution in [0.25, 0.3) is 0 Å². The molecule has 1 saturated carbocycles. The van der Waals surface area contributed by atoms with E-state index in [1.165, 1.54) is 12.6 Å². The Morgan fingerprint density at radius 1 is 1.26 bits per heavy atom. The summed E-state index contributed by atoms with van der Waals surface area (Å²) in [5.74, 6) is 0.670. The first-order valence-electron chi connectivity index (χ1n) is 8.10. The largest absolute Gasteiger partial charge is 0.379 e. The van der Waals surface area contributed by atoms with Gasteiger partial charge in [0, 0.05) is 19.1 Å². The van der Waals surface area contributed by atoms with Crippen LogP contribution in [0.2, 0.25) is 0 Å². The Morgan fingerprint density at radius 2 is 2.00 bits per heavy atom. The molecule has 1 saturated heterocycles. The average molecular weight is 322 g/mol. The lowest BCUT2D eigenvalue weighted by atomic mass is 9.95. The van der Waals surface area contributed by atoms with E-state index >= 15 is 0 Å². The van der Waals surface area contributed by atoms with E-state index in [4.69, 9.17) is 4.74 Å². The molecule has 23 heavy (non-hydrogen) atoms. The van der Waals surface area contributed by atoms with Crippen molar-refractivity contribution >= 4 is 17.5 Å². The summed E-state index contributed by atoms with van der Waals surface area (Å²) in [6.07, 6.45) is 6.83. The number of hydrogen-bond acceptors (Lipinski definition) is 8. The topological polar surface area (TPSA) is 105 Å². The normalized spacial score (nSPS) is 20.2. The third-order valence-corrected chi connectivity index (χ3v) is 4.18. The molecule has 9 nitrogen and oxygen atoms in total. The van der Waals surface area contributed by atoms with E-state index < -0.39 is 4.92 Å². The van der Waals surface area contributed by atoms with Gasteiger partial charge in [0.2, 0.25) is 11.8 Å². The fourth-order valence-corrected chi connectivity index (χ4v) is 2.93. The van der Waals surface area contributed by atoms with Gasteiger partial charge < -0.3 is 10.1 Å². The van der Waals surface area contributed by atoms with Crippen molar-refractivity contribution in [1.82, 2.24) is 15.0 Å². The Hall–Kier alpha value is -2.00. The van der Waals surface area contributed by atoms with Crippen molar-refractivity contribution in [2.45, 2.75) is 38.1 Å². The number of nitrogens with one attached hydrogen (secondary N) is 2. The van der Waals surface area contributed by atoms with Crippen LogP contribution >= 0.6 is 0 Å². The third kappa shape index (κ3) is 4.26. The second kappa shape index (κ2) is 7.51. The van der Waals surface area contributed by atoms with E-state index in [1.807, 2.05) is 5.01 Å². The summed E-state index contributed by atoms with van der Waals surface area (Å²) in [6.45, 7) is 2.75. The number of hydrazine groups is 1. The number of aromatic nitrogens is 2. The molecule has 9 heteroatoms. The molecule has 2 N–H and O–H groups in total. The Labute approximate surface area is 134 Å². The number of rotatable bonds is 5. The minimum absolute atomic E-state index is 0.0805. The van der Waals surface area contributed by atoms with Gasteiger partial charge in [-0.1, -0.05) is 19.3 Å². The van der Waals surface area contributed by atoms with Gasteiger partial charge in [0.25, 0.3) is 0 Å². The highest BCUT2D eigenvalue weighted by molar-refractivity contribution is 5.57. The van der Waals surface area contributed by atoms with Crippen molar-refractivity contribution < 1.29 is 9.66 Å². The Morgan fingerprint density at radius 3 is 2.70 bits per heavy atom. The van der Waals surface area contributed by atoms with Crippen molar-refractivity contribution in [2.24, 2.45) is 0 Å². The van der Waals surface area contributed by atoms with E-state index in [2.05, 4.69) is 20.7 Å². The SMILES string of the molecule is O=[N+]([O-])c1cnc(NN2CCOCC2)nc1NC1CCCCC1. The lowest BCUT2D eigenvalue weighted by Gasteiger charge is -2.27. The zero-order valence-corrected chi connectivity index (χ0v) is 13.0. The Kier molecular flexibility index (Phi) is 5.19. The standard InChI is InChI=1S/C14H22N6O3/c21-20(22)12-10-15-14(18-19-6-8-23-9-7-19)17-13(12)16-11-4-2-1-3-5-11/h10-11H,1-9H2,(H2,15,16,17,18). The first-order valence-corrected chi connectivity index (χ1v) is 8.10. The summed E-state index contributed by atoms with van der Waals surface area (Å²) in [5, 5.41) is 16.4. The molecule has 126 valence electrons. The van der Waals surface area contributed by atoms with Gasteiger partial charge >= 0.3 is 5.69 Å². The highest BCUT2D eigenvalue weighted by atomic mass is 16.6. The fourth-order valence-electron chi connectivity index (χ4n) is 2.93. The summed E-state index contributed by atoms with van der Waals surface area (Å²) in [6, 6.07) is 0.244. The highest BCUT2D eigenvalue weighted by Gasteiger charge is 2.22. The Balaban J connectivity index is 1.73. The van der Waals surface area contributed by atoms with Gasteiger partial charge in [-0.15, -0.1) is 0 Å². The maximum atomic E-state index is 11.2. The summed E-state index contributed by atoms with van der Waals surface area (Å²) in [7, 11) is 0. The fraction of sp³-hybridized carbons (Fsp3) is 0.714. The minimum atomic E-state index is -0.441. The predicted molar refractivity (Wildman–Crippen MR) is 85.2 cm³/mol. The molecule has 0 amide bonds. The number of ether oxygens (including phenoxy) is 1. The smallest absolute Gasteiger partial charge is 0.329 e.